The molecular weight excluding hydrogens is 200 g/mol. The van der Waals surface area contributed by atoms with Gasteiger partial charge in [-0.2, -0.15) is 0 Å². The van der Waals surface area contributed by atoms with E-state index in [2.05, 4.69) is 40.3 Å². The number of hydrogen-bond donors (Lipinski definition) is 1. The Morgan fingerprint density at radius 3 is 2.94 bits per heavy atom. The zero-order valence-electron chi connectivity index (χ0n) is 9.86. The van der Waals surface area contributed by atoms with Gasteiger partial charge in [0.05, 0.1) is 6.61 Å². The molecule has 0 amide bonds. The molecule has 86 valence electrons. The van der Waals surface area contributed by atoms with Crippen LogP contribution in [0, 0.1) is 0 Å². The second kappa shape index (κ2) is 5.14. The predicted molar refractivity (Wildman–Crippen MR) is 66.6 cm³/mol. The quantitative estimate of drug-likeness (QED) is 0.830. The monoisotopic (exact) mass is 218 g/mol. The zero-order chi connectivity index (χ0) is 11.4. The number of hydrogen-bond acceptors (Lipinski definition) is 2. The Bertz CT molecular complexity index is 462. The van der Waals surface area contributed by atoms with E-state index >= 15 is 0 Å². The molecule has 1 heterocycles. The molecule has 2 aromatic rings. The molecule has 0 unspecified atom stereocenters. The molecule has 2 rings (SSSR count). The molecule has 0 radical (unpaired) electrons. The van der Waals surface area contributed by atoms with Crippen LogP contribution in [-0.2, 0) is 17.8 Å². The van der Waals surface area contributed by atoms with E-state index in [9.17, 15) is 0 Å². The van der Waals surface area contributed by atoms with Crippen molar-refractivity contribution in [3.8, 4) is 0 Å². The van der Waals surface area contributed by atoms with Crippen LogP contribution in [0.4, 0.5) is 0 Å². The van der Waals surface area contributed by atoms with Gasteiger partial charge in [-0.25, -0.2) is 0 Å². The highest BCUT2D eigenvalue weighted by Crippen LogP contribution is 2.20. The van der Waals surface area contributed by atoms with Crippen molar-refractivity contribution in [2.45, 2.75) is 13.1 Å². The average Bonchev–Trinajstić information content (AvgIpc) is 2.71. The zero-order valence-corrected chi connectivity index (χ0v) is 9.86. The van der Waals surface area contributed by atoms with E-state index in [1.165, 1.54) is 16.5 Å². The summed E-state index contributed by atoms with van der Waals surface area (Å²) in [6.45, 7) is 2.56. The van der Waals surface area contributed by atoms with E-state index in [0.29, 0.717) is 0 Å². The van der Waals surface area contributed by atoms with Crippen molar-refractivity contribution in [1.82, 2.24) is 9.88 Å². The molecule has 0 spiro atoms. The average molecular weight is 218 g/mol. The number of fused-ring (bicyclic) bond motifs is 1. The van der Waals surface area contributed by atoms with Crippen LogP contribution in [-0.4, -0.2) is 25.3 Å². The van der Waals surface area contributed by atoms with Crippen LogP contribution in [0.15, 0.2) is 30.5 Å². The maximum atomic E-state index is 5.11. The molecule has 3 nitrogen and oxygen atoms in total. The van der Waals surface area contributed by atoms with Crippen molar-refractivity contribution >= 4 is 10.9 Å². The standard InChI is InChI=1S/C13H18N2O/c1-14-10-11-4-3-5-13-12(11)6-7-15(13)8-9-16-2/h3-7,14H,8-10H2,1-2H3. The molecule has 0 bridgehead atoms. The molecule has 0 aliphatic heterocycles. The first-order valence-corrected chi connectivity index (χ1v) is 5.57. The second-order valence-corrected chi connectivity index (χ2v) is 3.88. The van der Waals surface area contributed by atoms with Crippen LogP contribution in [0.3, 0.4) is 0 Å². The van der Waals surface area contributed by atoms with Gasteiger partial charge in [0, 0.05) is 37.3 Å². The number of ether oxygens (including phenoxy) is 1. The van der Waals surface area contributed by atoms with Gasteiger partial charge < -0.3 is 14.6 Å². The Kier molecular flexibility index (Phi) is 3.59. The number of methoxy groups -OCH3 is 1. The predicted octanol–water partition coefficient (Wildman–Crippen LogP) is 2.01. The van der Waals surface area contributed by atoms with E-state index < -0.39 is 0 Å². The molecular formula is C13H18N2O. The summed E-state index contributed by atoms with van der Waals surface area (Å²) >= 11 is 0. The van der Waals surface area contributed by atoms with Gasteiger partial charge in [-0.05, 0) is 24.7 Å². The summed E-state index contributed by atoms with van der Waals surface area (Å²) in [4.78, 5) is 0. The number of benzene rings is 1. The summed E-state index contributed by atoms with van der Waals surface area (Å²) in [5, 5.41) is 4.52. The van der Waals surface area contributed by atoms with Gasteiger partial charge >= 0.3 is 0 Å². The Labute approximate surface area is 96.0 Å². The van der Waals surface area contributed by atoms with Gasteiger partial charge in [0.25, 0.3) is 0 Å². The minimum Gasteiger partial charge on any atom is -0.383 e. The minimum absolute atomic E-state index is 0.750. The smallest absolute Gasteiger partial charge is 0.0641 e. The van der Waals surface area contributed by atoms with Crippen molar-refractivity contribution in [2.75, 3.05) is 20.8 Å². The summed E-state index contributed by atoms with van der Waals surface area (Å²) in [6.07, 6.45) is 2.13. The third-order valence-electron chi connectivity index (χ3n) is 2.81. The van der Waals surface area contributed by atoms with Gasteiger partial charge in [0.1, 0.15) is 0 Å². The first kappa shape index (κ1) is 11.2. The van der Waals surface area contributed by atoms with E-state index in [1.807, 2.05) is 7.05 Å². The third-order valence-corrected chi connectivity index (χ3v) is 2.81. The lowest BCUT2D eigenvalue weighted by Crippen LogP contribution is -2.06. The van der Waals surface area contributed by atoms with Gasteiger partial charge in [-0.3, -0.25) is 0 Å². The molecule has 0 aliphatic carbocycles. The molecule has 0 saturated heterocycles. The number of aromatic nitrogens is 1. The van der Waals surface area contributed by atoms with Crippen LogP contribution >= 0.6 is 0 Å². The summed E-state index contributed by atoms with van der Waals surface area (Å²) in [5.41, 5.74) is 2.63. The van der Waals surface area contributed by atoms with Gasteiger partial charge in [0.2, 0.25) is 0 Å². The van der Waals surface area contributed by atoms with Crippen molar-refractivity contribution < 1.29 is 4.74 Å². The van der Waals surface area contributed by atoms with Crippen molar-refractivity contribution in [2.24, 2.45) is 0 Å². The summed E-state index contributed by atoms with van der Waals surface area (Å²) in [6, 6.07) is 8.61. The van der Waals surface area contributed by atoms with Gasteiger partial charge in [-0.1, -0.05) is 12.1 Å². The first-order valence-electron chi connectivity index (χ1n) is 5.57. The Hall–Kier alpha value is -1.32. The summed E-state index contributed by atoms with van der Waals surface area (Å²) in [7, 11) is 3.71. The highest BCUT2D eigenvalue weighted by molar-refractivity contribution is 5.83. The van der Waals surface area contributed by atoms with E-state index in [4.69, 9.17) is 4.74 Å². The third kappa shape index (κ3) is 2.10. The summed E-state index contributed by atoms with van der Waals surface area (Å²) in [5.74, 6) is 0. The van der Waals surface area contributed by atoms with Crippen LogP contribution in [0.5, 0.6) is 0 Å². The topological polar surface area (TPSA) is 26.2 Å². The molecule has 16 heavy (non-hydrogen) atoms. The maximum absolute atomic E-state index is 5.11. The number of nitrogens with zero attached hydrogens (tertiary/aromatic N) is 1. The molecule has 1 N–H and O–H groups in total. The first-order chi connectivity index (χ1) is 7.86. The number of rotatable bonds is 5. The van der Waals surface area contributed by atoms with Gasteiger partial charge in [0.15, 0.2) is 0 Å². The van der Waals surface area contributed by atoms with Crippen LogP contribution in [0.2, 0.25) is 0 Å². The molecule has 0 aliphatic rings. The van der Waals surface area contributed by atoms with Crippen molar-refractivity contribution in [3.05, 3.63) is 36.0 Å². The molecule has 1 aromatic carbocycles. The lowest BCUT2D eigenvalue weighted by molar-refractivity contribution is 0.188. The lowest BCUT2D eigenvalue weighted by atomic mass is 10.1. The minimum atomic E-state index is 0.750. The second-order valence-electron chi connectivity index (χ2n) is 3.88. The molecule has 1 aromatic heterocycles. The van der Waals surface area contributed by atoms with Crippen LogP contribution < -0.4 is 5.32 Å². The van der Waals surface area contributed by atoms with Gasteiger partial charge in [-0.15, -0.1) is 0 Å². The van der Waals surface area contributed by atoms with E-state index in [0.717, 1.165) is 19.7 Å². The highest BCUT2D eigenvalue weighted by Gasteiger charge is 2.04. The molecule has 0 atom stereocenters. The fourth-order valence-electron chi connectivity index (χ4n) is 2.02. The Morgan fingerprint density at radius 1 is 1.31 bits per heavy atom. The lowest BCUT2D eigenvalue weighted by Gasteiger charge is -2.06. The van der Waals surface area contributed by atoms with Crippen LogP contribution in [0.25, 0.3) is 10.9 Å². The molecule has 0 fully saturated rings. The maximum Gasteiger partial charge on any atom is 0.0641 e. The van der Waals surface area contributed by atoms with Crippen molar-refractivity contribution in [3.63, 3.8) is 0 Å². The van der Waals surface area contributed by atoms with E-state index in [-0.39, 0.29) is 0 Å². The fraction of sp³-hybridized carbons (Fsp3) is 0.385. The Morgan fingerprint density at radius 2 is 2.19 bits per heavy atom. The Balaban J connectivity index is 2.36. The molecule has 3 heteroatoms. The fourth-order valence-corrected chi connectivity index (χ4v) is 2.02. The van der Waals surface area contributed by atoms with Crippen LogP contribution in [0.1, 0.15) is 5.56 Å². The largest absolute Gasteiger partial charge is 0.383 e. The van der Waals surface area contributed by atoms with Crippen molar-refractivity contribution in [1.29, 1.82) is 0 Å². The van der Waals surface area contributed by atoms with E-state index in [1.54, 1.807) is 7.11 Å². The highest BCUT2D eigenvalue weighted by atomic mass is 16.5. The number of nitrogens with one attached hydrogen (secondary N) is 1. The molecule has 0 saturated carbocycles. The summed E-state index contributed by atoms with van der Waals surface area (Å²) < 4.78 is 7.34. The SMILES string of the molecule is CNCc1cccc2c1ccn2CCOC. The normalized spacial score (nSPS) is 11.1.